The van der Waals surface area contributed by atoms with Gasteiger partial charge in [0, 0.05) is 9.26 Å². The zero-order valence-electron chi connectivity index (χ0n) is 13.0. The van der Waals surface area contributed by atoms with Crippen LogP contribution in [0.5, 0.6) is 0 Å². The van der Waals surface area contributed by atoms with Crippen LogP contribution >= 0.6 is 22.6 Å². The summed E-state index contributed by atoms with van der Waals surface area (Å²) in [7, 11) is 0. The first-order valence-electron chi connectivity index (χ1n) is 7.51. The van der Waals surface area contributed by atoms with E-state index in [0.29, 0.717) is 5.69 Å². The number of nitrogens with zero attached hydrogens (tertiary/aromatic N) is 1. The predicted octanol–water partition coefficient (Wildman–Crippen LogP) is 2.26. The lowest BCUT2D eigenvalue weighted by atomic mass is 9.96. The molecule has 0 bridgehead atoms. The van der Waals surface area contributed by atoms with E-state index in [2.05, 4.69) is 33.2 Å². The highest BCUT2D eigenvalue weighted by Gasteiger charge is 2.56. The van der Waals surface area contributed by atoms with Gasteiger partial charge in [0.25, 0.3) is 5.91 Å². The van der Waals surface area contributed by atoms with Crippen molar-refractivity contribution in [2.75, 3.05) is 11.9 Å². The Morgan fingerprint density at radius 3 is 2.74 bits per heavy atom. The molecule has 1 aliphatic carbocycles. The number of hydrogen-bond acceptors (Lipinski definition) is 3. The molecule has 2 aliphatic rings. The van der Waals surface area contributed by atoms with Gasteiger partial charge in [0.05, 0.1) is 0 Å². The molecule has 0 aromatic heterocycles. The van der Waals surface area contributed by atoms with Gasteiger partial charge >= 0.3 is 6.03 Å². The van der Waals surface area contributed by atoms with Crippen LogP contribution in [-0.4, -0.2) is 34.8 Å². The summed E-state index contributed by atoms with van der Waals surface area (Å²) in [6, 6.07) is 5.17. The van der Waals surface area contributed by atoms with Crippen LogP contribution in [-0.2, 0) is 9.59 Å². The maximum atomic E-state index is 12.5. The van der Waals surface area contributed by atoms with E-state index in [9.17, 15) is 14.4 Å². The summed E-state index contributed by atoms with van der Waals surface area (Å²) in [4.78, 5) is 37.7. The first-order valence-corrected chi connectivity index (χ1v) is 8.59. The molecule has 2 N–H and O–H groups in total. The topological polar surface area (TPSA) is 78.5 Å². The number of imide groups is 1. The maximum absolute atomic E-state index is 12.5. The third-order valence-electron chi connectivity index (χ3n) is 4.46. The van der Waals surface area contributed by atoms with Crippen molar-refractivity contribution < 1.29 is 14.4 Å². The summed E-state index contributed by atoms with van der Waals surface area (Å²) in [5.74, 6) is -0.497. The van der Waals surface area contributed by atoms with E-state index in [0.717, 1.165) is 26.9 Å². The van der Waals surface area contributed by atoms with Gasteiger partial charge in [-0.2, -0.15) is 0 Å². The standard InChI is InChI=1S/C16H18IN3O3/c1-9-7-11(17)5-6-12(9)18-13(21)8-20-14(22)16(2,10-3-4-10)19-15(20)23/h5-7,10H,3-4,8H2,1-2H3,(H,18,21)(H,19,23). The van der Waals surface area contributed by atoms with Gasteiger partial charge in [-0.25, -0.2) is 4.79 Å². The number of carbonyl (C=O) groups excluding carboxylic acids is 3. The molecule has 1 unspecified atom stereocenters. The van der Waals surface area contributed by atoms with Gasteiger partial charge in [-0.15, -0.1) is 0 Å². The Labute approximate surface area is 148 Å². The van der Waals surface area contributed by atoms with Crippen LogP contribution in [0.3, 0.4) is 0 Å². The molecule has 1 aromatic carbocycles. The van der Waals surface area contributed by atoms with Crippen LogP contribution in [0.2, 0.25) is 0 Å². The van der Waals surface area contributed by atoms with E-state index in [4.69, 9.17) is 0 Å². The van der Waals surface area contributed by atoms with Crippen molar-refractivity contribution >= 4 is 46.1 Å². The van der Waals surface area contributed by atoms with Gasteiger partial charge < -0.3 is 10.6 Å². The monoisotopic (exact) mass is 427 g/mol. The SMILES string of the molecule is Cc1cc(I)ccc1NC(=O)CN1C(=O)NC(C)(C2CC2)C1=O. The normalized spacial score (nSPS) is 23.9. The van der Waals surface area contributed by atoms with Crippen molar-refractivity contribution in [2.45, 2.75) is 32.2 Å². The third-order valence-corrected chi connectivity index (χ3v) is 5.13. The maximum Gasteiger partial charge on any atom is 0.325 e. The van der Waals surface area contributed by atoms with Crippen LogP contribution in [0.15, 0.2) is 18.2 Å². The van der Waals surface area contributed by atoms with Crippen LogP contribution in [0.25, 0.3) is 0 Å². The summed E-state index contributed by atoms with van der Waals surface area (Å²) in [6.45, 7) is 3.38. The number of anilines is 1. The Morgan fingerprint density at radius 1 is 1.43 bits per heavy atom. The molecule has 1 aliphatic heterocycles. The van der Waals surface area contributed by atoms with E-state index >= 15 is 0 Å². The second-order valence-electron chi connectivity index (χ2n) is 6.31. The number of amides is 4. The first-order chi connectivity index (χ1) is 10.8. The van der Waals surface area contributed by atoms with Crippen molar-refractivity contribution in [2.24, 2.45) is 5.92 Å². The Kier molecular flexibility index (Phi) is 4.07. The summed E-state index contributed by atoms with van der Waals surface area (Å²) in [5.41, 5.74) is 0.772. The van der Waals surface area contributed by atoms with Crippen molar-refractivity contribution in [3.05, 3.63) is 27.3 Å². The van der Waals surface area contributed by atoms with Gasteiger partial charge in [-0.05, 0) is 79.0 Å². The van der Waals surface area contributed by atoms with Crippen molar-refractivity contribution in [1.29, 1.82) is 0 Å². The fourth-order valence-corrected chi connectivity index (χ4v) is 3.54. The van der Waals surface area contributed by atoms with Gasteiger partial charge in [-0.1, -0.05) is 0 Å². The molecule has 1 heterocycles. The van der Waals surface area contributed by atoms with Crippen LogP contribution in [0.1, 0.15) is 25.3 Å². The van der Waals surface area contributed by atoms with Crippen molar-refractivity contribution in [3.63, 3.8) is 0 Å². The van der Waals surface area contributed by atoms with Gasteiger partial charge in [-0.3, -0.25) is 14.5 Å². The Morgan fingerprint density at radius 2 is 2.13 bits per heavy atom. The van der Waals surface area contributed by atoms with Crippen LogP contribution in [0, 0.1) is 16.4 Å². The van der Waals surface area contributed by atoms with Crippen LogP contribution < -0.4 is 10.6 Å². The molecule has 6 nitrogen and oxygen atoms in total. The molecule has 7 heteroatoms. The zero-order valence-corrected chi connectivity index (χ0v) is 15.1. The smallest absolute Gasteiger partial charge is 0.324 e. The number of aryl methyl sites for hydroxylation is 1. The van der Waals surface area contributed by atoms with E-state index < -0.39 is 11.6 Å². The lowest BCUT2D eigenvalue weighted by Crippen LogP contribution is -2.46. The van der Waals surface area contributed by atoms with E-state index in [-0.39, 0.29) is 24.3 Å². The molecule has 122 valence electrons. The predicted molar refractivity (Wildman–Crippen MR) is 93.9 cm³/mol. The van der Waals surface area contributed by atoms with Crippen molar-refractivity contribution in [1.82, 2.24) is 10.2 Å². The lowest BCUT2D eigenvalue weighted by molar-refractivity contribution is -0.134. The van der Waals surface area contributed by atoms with E-state index in [1.165, 1.54) is 0 Å². The second-order valence-corrected chi connectivity index (χ2v) is 7.55. The molecule has 1 atom stereocenters. The molecule has 2 fully saturated rings. The number of halogens is 1. The summed E-state index contributed by atoms with van der Waals surface area (Å²) in [5, 5.41) is 5.50. The number of nitrogens with one attached hydrogen (secondary N) is 2. The minimum Gasteiger partial charge on any atom is -0.324 e. The molecule has 0 spiro atoms. The number of hydrogen-bond donors (Lipinski definition) is 2. The second kappa shape index (κ2) is 5.77. The molecule has 0 radical (unpaired) electrons. The number of rotatable bonds is 4. The summed E-state index contributed by atoms with van der Waals surface area (Å²) < 4.78 is 1.08. The van der Waals surface area contributed by atoms with Gasteiger partial charge in [0.2, 0.25) is 5.91 Å². The van der Waals surface area contributed by atoms with E-state index in [1.807, 2.05) is 25.1 Å². The Hall–Kier alpha value is -1.64. The largest absolute Gasteiger partial charge is 0.325 e. The Bertz CT molecular complexity index is 702. The molecular weight excluding hydrogens is 409 g/mol. The quantitative estimate of drug-likeness (QED) is 0.572. The minimum atomic E-state index is -0.851. The van der Waals surface area contributed by atoms with Gasteiger partial charge in [0.1, 0.15) is 12.1 Å². The fraction of sp³-hybridized carbons (Fsp3) is 0.438. The van der Waals surface area contributed by atoms with E-state index in [1.54, 1.807) is 6.92 Å². The number of urea groups is 1. The van der Waals surface area contributed by atoms with Crippen molar-refractivity contribution in [3.8, 4) is 0 Å². The fourth-order valence-electron chi connectivity index (χ4n) is 2.90. The lowest BCUT2D eigenvalue weighted by Gasteiger charge is -2.20. The molecule has 23 heavy (non-hydrogen) atoms. The van der Waals surface area contributed by atoms with Gasteiger partial charge in [0.15, 0.2) is 0 Å². The van der Waals surface area contributed by atoms with Crippen LogP contribution in [0.4, 0.5) is 10.5 Å². The first kappa shape index (κ1) is 16.2. The zero-order chi connectivity index (χ0) is 16.8. The molecule has 1 saturated carbocycles. The highest BCUT2D eigenvalue weighted by Crippen LogP contribution is 2.42. The minimum absolute atomic E-state index is 0.186. The average molecular weight is 427 g/mol. The highest BCUT2D eigenvalue weighted by molar-refractivity contribution is 14.1. The molecule has 4 amide bonds. The molecule has 1 saturated heterocycles. The summed E-state index contributed by atoms with van der Waals surface area (Å²) >= 11 is 2.20. The third kappa shape index (κ3) is 3.06. The Balaban J connectivity index is 1.68. The molecular formula is C16H18IN3O3. The highest BCUT2D eigenvalue weighted by atomic mass is 127. The molecule has 3 rings (SSSR count). The number of carbonyl (C=O) groups is 3. The number of benzene rings is 1. The summed E-state index contributed by atoms with van der Waals surface area (Å²) in [6.07, 6.45) is 1.87. The molecule has 1 aromatic rings. The average Bonchev–Trinajstić information content (AvgIpc) is 3.28.